The van der Waals surface area contributed by atoms with E-state index < -0.39 is 11.8 Å². The minimum atomic E-state index is -0.853. The van der Waals surface area contributed by atoms with Gasteiger partial charge in [-0.3, -0.25) is 4.79 Å². The number of rotatable bonds is 5. The zero-order valence-electron chi connectivity index (χ0n) is 13.8. The van der Waals surface area contributed by atoms with Gasteiger partial charge in [-0.25, -0.2) is 9.48 Å². The molecule has 0 radical (unpaired) electrons. The van der Waals surface area contributed by atoms with Crippen LogP contribution in [-0.4, -0.2) is 33.4 Å². The second-order valence-electron chi connectivity index (χ2n) is 5.94. The highest BCUT2D eigenvalue weighted by molar-refractivity contribution is 6.41. The van der Waals surface area contributed by atoms with Crippen molar-refractivity contribution in [1.82, 2.24) is 15.0 Å². The summed E-state index contributed by atoms with van der Waals surface area (Å²) in [7, 11) is 0. The number of carbonyl (C=O) groups is 2. The topological polar surface area (TPSA) is 74.1 Å². The lowest BCUT2D eigenvalue weighted by atomic mass is 9.95. The van der Waals surface area contributed by atoms with Crippen molar-refractivity contribution < 1.29 is 14.3 Å². The maximum atomic E-state index is 12.7. The zero-order valence-corrected chi connectivity index (χ0v) is 13.8. The Bertz CT molecular complexity index is 718. The highest BCUT2D eigenvalue weighted by Crippen LogP contribution is 2.31. The Labute approximate surface area is 140 Å². The number of aromatic nitrogens is 3. The molecule has 1 heterocycles. The van der Waals surface area contributed by atoms with Crippen molar-refractivity contribution in [1.29, 1.82) is 0 Å². The van der Waals surface area contributed by atoms with Crippen molar-refractivity contribution in [3.05, 3.63) is 36.0 Å². The molecule has 0 spiro atoms. The Kier molecular flexibility index (Phi) is 5.03. The van der Waals surface area contributed by atoms with Gasteiger partial charge in [-0.05, 0) is 19.8 Å². The molecule has 1 aliphatic carbocycles. The lowest BCUT2D eigenvalue weighted by Gasteiger charge is -2.22. The number of ether oxygens (including phenoxy) is 1. The first kappa shape index (κ1) is 16.4. The molecule has 3 rings (SSSR count). The van der Waals surface area contributed by atoms with E-state index in [1.807, 2.05) is 30.3 Å². The van der Waals surface area contributed by atoms with E-state index in [4.69, 9.17) is 4.74 Å². The van der Waals surface area contributed by atoms with Crippen LogP contribution in [0.15, 0.2) is 30.3 Å². The van der Waals surface area contributed by atoms with Gasteiger partial charge in [0.2, 0.25) is 0 Å². The van der Waals surface area contributed by atoms with E-state index in [0.717, 1.165) is 31.2 Å². The van der Waals surface area contributed by atoms with Crippen LogP contribution in [0.1, 0.15) is 55.6 Å². The van der Waals surface area contributed by atoms with Gasteiger partial charge in [0.25, 0.3) is 5.78 Å². The minimum Gasteiger partial charge on any atom is -0.460 e. The number of nitrogens with zero attached hydrogens (tertiary/aromatic N) is 3. The number of hydrogen-bond donors (Lipinski definition) is 0. The van der Waals surface area contributed by atoms with Crippen molar-refractivity contribution in [3.63, 3.8) is 0 Å². The fourth-order valence-corrected chi connectivity index (χ4v) is 3.17. The van der Waals surface area contributed by atoms with Crippen molar-refractivity contribution >= 4 is 11.8 Å². The first-order valence-electron chi connectivity index (χ1n) is 8.44. The zero-order chi connectivity index (χ0) is 16.9. The second kappa shape index (κ2) is 7.38. The summed E-state index contributed by atoms with van der Waals surface area (Å²) in [5.74, 6) is -1.53. The quantitative estimate of drug-likeness (QED) is 0.479. The maximum Gasteiger partial charge on any atom is 0.381 e. The van der Waals surface area contributed by atoms with Gasteiger partial charge in [-0.15, -0.1) is 5.10 Å². The number of esters is 1. The summed E-state index contributed by atoms with van der Waals surface area (Å²) in [6.45, 7) is 1.84. The van der Waals surface area contributed by atoms with Gasteiger partial charge in [0.1, 0.15) is 11.4 Å². The van der Waals surface area contributed by atoms with Crippen molar-refractivity contribution in [2.45, 2.75) is 45.1 Å². The Morgan fingerprint density at radius 3 is 2.54 bits per heavy atom. The Balaban J connectivity index is 2.05. The van der Waals surface area contributed by atoms with Crippen LogP contribution in [0.5, 0.6) is 0 Å². The molecule has 126 valence electrons. The number of hydrogen-bond acceptors (Lipinski definition) is 5. The van der Waals surface area contributed by atoms with Gasteiger partial charge in [0, 0.05) is 5.56 Å². The number of ketones is 1. The third-order valence-corrected chi connectivity index (χ3v) is 4.34. The molecule has 0 N–H and O–H groups in total. The molecule has 2 aromatic rings. The van der Waals surface area contributed by atoms with Crippen LogP contribution in [0.4, 0.5) is 0 Å². The maximum absolute atomic E-state index is 12.7. The largest absolute Gasteiger partial charge is 0.460 e. The standard InChI is InChI=1S/C18H21N3O3/c1-2-24-18(23)17(22)16-15(13-9-5-3-6-10-13)19-20-21(16)14-11-7-4-8-12-14/h3,5-6,9-10,14H,2,4,7-8,11-12H2,1H3. The lowest BCUT2D eigenvalue weighted by molar-refractivity contribution is -0.137. The molecular formula is C18H21N3O3. The summed E-state index contributed by atoms with van der Waals surface area (Å²) in [5.41, 5.74) is 1.46. The first-order chi connectivity index (χ1) is 11.7. The molecule has 1 aliphatic rings. The minimum absolute atomic E-state index is 0.108. The van der Waals surface area contributed by atoms with Crippen LogP contribution < -0.4 is 0 Å². The fourth-order valence-electron chi connectivity index (χ4n) is 3.17. The second-order valence-corrected chi connectivity index (χ2v) is 5.94. The van der Waals surface area contributed by atoms with Crippen LogP contribution in [0.3, 0.4) is 0 Å². The lowest BCUT2D eigenvalue weighted by Crippen LogP contribution is -2.25. The number of Topliss-reactive ketones (excluding diaryl/α,β-unsaturated/α-hetero) is 1. The molecule has 0 saturated heterocycles. The summed E-state index contributed by atoms with van der Waals surface area (Å²) < 4.78 is 6.54. The predicted octanol–water partition coefficient (Wildman–Crippen LogP) is 3.20. The van der Waals surface area contributed by atoms with Crippen LogP contribution in [0.25, 0.3) is 11.3 Å². The summed E-state index contributed by atoms with van der Waals surface area (Å²) in [5, 5.41) is 8.43. The average Bonchev–Trinajstić information content (AvgIpc) is 3.07. The number of carbonyl (C=O) groups excluding carboxylic acids is 2. The number of benzene rings is 1. The summed E-state index contributed by atoms with van der Waals surface area (Å²) >= 11 is 0. The van der Waals surface area contributed by atoms with Crippen LogP contribution in [0, 0.1) is 0 Å². The van der Waals surface area contributed by atoms with Crippen LogP contribution >= 0.6 is 0 Å². The van der Waals surface area contributed by atoms with E-state index in [0.29, 0.717) is 5.69 Å². The van der Waals surface area contributed by atoms with Gasteiger partial charge >= 0.3 is 5.97 Å². The van der Waals surface area contributed by atoms with Crippen LogP contribution in [0.2, 0.25) is 0 Å². The summed E-state index contributed by atoms with van der Waals surface area (Å²) in [6, 6.07) is 9.45. The third-order valence-electron chi connectivity index (χ3n) is 4.34. The monoisotopic (exact) mass is 327 g/mol. The average molecular weight is 327 g/mol. The molecule has 0 aliphatic heterocycles. The van der Waals surface area contributed by atoms with Gasteiger partial charge in [-0.1, -0.05) is 54.8 Å². The van der Waals surface area contributed by atoms with Crippen molar-refractivity contribution in [2.75, 3.05) is 6.61 Å². The SMILES string of the molecule is CCOC(=O)C(=O)c1c(-c2ccccc2)nnn1C1CCCCC1. The first-order valence-corrected chi connectivity index (χ1v) is 8.44. The van der Waals surface area contributed by atoms with Gasteiger partial charge in [-0.2, -0.15) is 0 Å². The Hall–Kier alpha value is -2.50. The fraction of sp³-hybridized carbons (Fsp3) is 0.444. The van der Waals surface area contributed by atoms with Crippen LogP contribution in [-0.2, 0) is 9.53 Å². The van der Waals surface area contributed by atoms with Gasteiger partial charge in [0.15, 0.2) is 0 Å². The van der Waals surface area contributed by atoms with Crippen molar-refractivity contribution in [3.8, 4) is 11.3 Å². The molecule has 24 heavy (non-hydrogen) atoms. The third kappa shape index (κ3) is 3.22. The van der Waals surface area contributed by atoms with E-state index in [9.17, 15) is 9.59 Å². The molecule has 1 aromatic heterocycles. The highest BCUT2D eigenvalue weighted by Gasteiger charge is 2.31. The van der Waals surface area contributed by atoms with E-state index in [1.165, 1.54) is 6.42 Å². The molecule has 0 atom stereocenters. The van der Waals surface area contributed by atoms with Crippen molar-refractivity contribution in [2.24, 2.45) is 0 Å². The molecule has 0 amide bonds. The molecule has 6 heteroatoms. The summed E-state index contributed by atoms with van der Waals surface area (Å²) in [4.78, 5) is 24.7. The van der Waals surface area contributed by atoms with E-state index >= 15 is 0 Å². The normalized spacial score (nSPS) is 15.2. The Morgan fingerprint density at radius 2 is 1.88 bits per heavy atom. The summed E-state index contributed by atoms with van der Waals surface area (Å²) in [6.07, 6.45) is 5.27. The van der Waals surface area contributed by atoms with Gasteiger partial charge < -0.3 is 4.74 Å². The molecule has 1 saturated carbocycles. The van der Waals surface area contributed by atoms with E-state index in [1.54, 1.807) is 11.6 Å². The smallest absolute Gasteiger partial charge is 0.381 e. The molecular weight excluding hydrogens is 306 g/mol. The highest BCUT2D eigenvalue weighted by atomic mass is 16.5. The molecule has 1 fully saturated rings. The van der Waals surface area contributed by atoms with E-state index in [2.05, 4.69) is 10.3 Å². The van der Waals surface area contributed by atoms with Gasteiger partial charge in [0.05, 0.1) is 12.6 Å². The Morgan fingerprint density at radius 1 is 1.17 bits per heavy atom. The molecule has 1 aromatic carbocycles. The molecule has 0 unspecified atom stereocenters. The molecule has 6 nitrogen and oxygen atoms in total. The predicted molar refractivity (Wildman–Crippen MR) is 88.5 cm³/mol. The van der Waals surface area contributed by atoms with E-state index in [-0.39, 0.29) is 18.3 Å². The molecule has 0 bridgehead atoms.